The van der Waals surface area contributed by atoms with E-state index in [4.69, 9.17) is 0 Å². The molecule has 0 amide bonds. The van der Waals surface area contributed by atoms with Crippen LogP contribution in [0, 0.1) is 23.5 Å². The Morgan fingerprint density at radius 1 is 0.731 bits per heavy atom. The Labute approximate surface area is 149 Å². The number of benzene rings is 2. The SMILES string of the molecule is O=C(O)C(C=CC(Cc1ccc(F)cc1)C(=O)O)Cc1ccc(F)cc1. The van der Waals surface area contributed by atoms with Gasteiger partial charge in [-0.05, 0) is 48.2 Å². The van der Waals surface area contributed by atoms with Crippen molar-refractivity contribution in [2.75, 3.05) is 0 Å². The van der Waals surface area contributed by atoms with Gasteiger partial charge in [0.25, 0.3) is 0 Å². The van der Waals surface area contributed by atoms with E-state index in [0.717, 1.165) is 0 Å². The third-order valence-electron chi connectivity index (χ3n) is 3.95. The van der Waals surface area contributed by atoms with E-state index in [-0.39, 0.29) is 12.8 Å². The van der Waals surface area contributed by atoms with E-state index in [1.54, 1.807) is 0 Å². The topological polar surface area (TPSA) is 74.6 Å². The number of carbonyl (C=O) groups is 2. The van der Waals surface area contributed by atoms with Crippen LogP contribution >= 0.6 is 0 Å². The Bertz CT molecular complexity index is 715. The Hall–Kier alpha value is -3.02. The van der Waals surface area contributed by atoms with Crippen LogP contribution in [0.1, 0.15) is 11.1 Å². The van der Waals surface area contributed by atoms with E-state index in [0.29, 0.717) is 11.1 Å². The van der Waals surface area contributed by atoms with E-state index < -0.39 is 35.4 Å². The first kappa shape index (κ1) is 19.3. The van der Waals surface area contributed by atoms with Crippen LogP contribution in [0.4, 0.5) is 8.78 Å². The molecule has 4 nitrogen and oxygen atoms in total. The fourth-order valence-electron chi connectivity index (χ4n) is 2.49. The van der Waals surface area contributed by atoms with Gasteiger partial charge in [-0.25, -0.2) is 8.78 Å². The maximum absolute atomic E-state index is 12.9. The van der Waals surface area contributed by atoms with Gasteiger partial charge in [-0.3, -0.25) is 9.59 Å². The van der Waals surface area contributed by atoms with Gasteiger partial charge in [0.15, 0.2) is 0 Å². The lowest BCUT2D eigenvalue weighted by Gasteiger charge is -2.11. The second kappa shape index (κ2) is 8.89. The van der Waals surface area contributed by atoms with Gasteiger partial charge in [0.2, 0.25) is 0 Å². The Balaban J connectivity index is 2.11. The molecule has 6 heteroatoms. The Morgan fingerprint density at radius 3 is 1.31 bits per heavy atom. The van der Waals surface area contributed by atoms with Gasteiger partial charge in [-0.2, -0.15) is 0 Å². The van der Waals surface area contributed by atoms with Crippen LogP contribution in [-0.4, -0.2) is 22.2 Å². The molecular weight excluding hydrogens is 342 g/mol. The number of rotatable bonds is 8. The molecule has 136 valence electrons. The highest BCUT2D eigenvalue weighted by atomic mass is 19.1. The molecule has 0 fully saturated rings. The van der Waals surface area contributed by atoms with Crippen molar-refractivity contribution in [1.29, 1.82) is 0 Å². The predicted molar refractivity (Wildman–Crippen MR) is 91.6 cm³/mol. The first-order chi connectivity index (χ1) is 12.3. The molecule has 2 unspecified atom stereocenters. The van der Waals surface area contributed by atoms with Gasteiger partial charge in [-0.1, -0.05) is 36.4 Å². The fraction of sp³-hybridized carbons (Fsp3) is 0.200. The van der Waals surface area contributed by atoms with Gasteiger partial charge in [0.1, 0.15) is 11.6 Å². The standard InChI is InChI=1S/C20H18F2O4/c21-17-7-1-13(2-8-17)11-15(19(23)24)5-6-16(20(25)26)12-14-3-9-18(22)10-4-14/h1-10,15-16H,11-12H2,(H,23,24)(H,25,26). The number of halogens is 2. The van der Waals surface area contributed by atoms with Crippen molar-refractivity contribution in [1.82, 2.24) is 0 Å². The minimum atomic E-state index is -1.10. The van der Waals surface area contributed by atoms with Crippen LogP contribution in [0.3, 0.4) is 0 Å². The highest BCUT2D eigenvalue weighted by Crippen LogP contribution is 2.16. The average Bonchev–Trinajstić information content (AvgIpc) is 2.60. The summed E-state index contributed by atoms with van der Waals surface area (Å²) < 4.78 is 25.9. The monoisotopic (exact) mass is 360 g/mol. The maximum atomic E-state index is 12.9. The average molecular weight is 360 g/mol. The lowest BCUT2D eigenvalue weighted by Crippen LogP contribution is -2.17. The molecule has 0 saturated carbocycles. The normalized spacial score (nSPS) is 13.5. The second-order valence-corrected chi connectivity index (χ2v) is 5.94. The lowest BCUT2D eigenvalue weighted by molar-refractivity contribution is -0.141. The Kier molecular flexibility index (Phi) is 6.60. The predicted octanol–water partition coefficient (Wildman–Crippen LogP) is 3.71. The molecule has 0 aliphatic heterocycles. The summed E-state index contributed by atoms with van der Waals surface area (Å²) in [4.78, 5) is 22.9. The summed E-state index contributed by atoms with van der Waals surface area (Å²) in [5.41, 5.74) is 1.27. The van der Waals surface area contributed by atoms with E-state index in [9.17, 15) is 28.6 Å². The highest BCUT2D eigenvalue weighted by molar-refractivity contribution is 5.75. The summed E-state index contributed by atoms with van der Waals surface area (Å²) in [7, 11) is 0. The molecule has 2 rings (SSSR count). The minimum absolute atomic E-state index is 0.120. The minimum Gasteiger partial charge on any atom is -0.481 e. The summed E-state index contributed by atoms with van der Waals surface area (Å²) in [5, 5.41) is 18.7. The molecule has 26 heavy (non-hydrogen) atoms. The molecule has 0 saturated heterocycles. The van der Waals surface area contributed by atoms with Crippen LogP contribution in [0.25, 0.3) is 0 Å². The molecule has 0 aliphatic carbocycles. The van der Waals surface area contributed by atoms with Gasteiger partial charge in [-0.15, -0.1) is 0 Å². The van der Waals surface area contributed by atoms with Crippen LogP contribution < -0.4 is 0 Å². The zero-order chi connectivity index (χ0) is 19.1. The zero-order valence-corrected chi connectivity index (χ0v) is 13.8. The number of hydrogen-bond acceptors (Lipinski definition) is 2. The summed E-state index contributed by atoms with van der Waals surface area (Å²) in [6.07, 6.45) is 2.92. The van der Waals surface area contributed by atoms with Crippen molar-refractivity contribution in [3.05, 3.63) is 83.4 Å². The second-order valence-electron chi connectivity index (χ2n) is 5.94. The van der Waals surface area contributed by atoms with Gasteiger partial charge in [0.05, 0.1) is 11.8 Å². The first-order valence-electron chi connectivity index (χ1n) is 7.98. The van der Waals surface area contributed by atoms with E-state index in [2.05, 4.69) is 0 Å². The molecule has 2 aromatic rings. The van der Waals surface area contributed by atoms with Gasteiger partial charge < -0.3 is 10.2 Å². The molecule has 0 heterocycles. The summed E-state index contributed by atoms with van der Waals surface area (Å²) in [5.74, 6) is -4.90. The molecular formula is C20H18F2O4. The van der Waals surface area contributed by atoms with Gasteiger partial charge >= 0.3 is 11.9 Å². The molecule has 0 bridgehead atoms. The van der Waals surface area contributed by atoms with Crippen molar-refractivity contribution < 1.29 is 28.6 Å². The first-order valence-corrected chi connectivity index (χ1v) is 7.98. The van der Waals surface area contributed by atoms with Crippen LogP contribution in [0.2, 0.25) is 0 Å². The largest absolute Gasteiger partial charge is 0.481 e. The molecule has 2 aromatic carbocycles. The quantitative estimate of drug-likeness (QED) is 0.704. The smallest absolute Gasteiger partial charge is 0.310 e. The molecule has 2 atom stereocenters. The van der Waals surface area contributed by atoms with Crippen molar-refractivity contribution in [3.8, 4) is 0 Å². The fourth-order valence-corrected chi connectivity index (χ4v) is 2.49. The van der Waals surface area contributed by atoms with Crippen molar-refractivity contribution in [3.63, 3.8) is 0 Å². The maximum Gasteiger partial charge on any atom is 0.310 e. The van der Waals surface area contributed by atoms with Crippen molar-refractivity contribution in [2.45, 2.75) is 12.8 Å². The molecule has 0 radical (unpaired) electrons. The number of carboxylic acid groups (broad SMARTS) is 2. The van der Waals surface area contributed by atoms with Crippen LogP contribution in [-0.2, 0) is 22.4 Å². The number of carboxylic acids is 2. The Morgan fingerprint density at radius 2 is 1.04 bits per heavy atom. The van der Waals surface area contributed by atoms with E-state index in [1.807, 2.05) is 0 Å². The lowest BCUT2D eigenvalue weighted by atomic mass is 9.94. The van der Waals surface area contributed by atoms with Gasteiger partial charge in [0, 0.05) is 0 Å². The summed E-state index contributed by atoms with van der Waals surface area (Å²) in [6.45, 7) is 0. The van der Waals surface area contributed by atoms with Crippen LogP contribution in [0.5, 0.6) is 0 Å². The molecule has 0 aliphatic rings. The molecule has 0 aromatic heterocycles. The summed E-state index contributed by atoms with van der Waals surface area (Å²) in [6, 6.07) is 10.9. The van der Waals surface area contributed by atoms with Crippen molar-refractivity contribution >= 4 is 11.9 Å². The van der Waals surface area contributed by atoms with E-state index >= 15 is 0 Å². The number of aliphatic carboxylic acids is 2. The third kappa shape index (κ3) is 5.81. The summed E-state index contributed by atoms with van der Waals surface area (Å²) >= 11 is 0. The zero-order valence-electron chi connectivity index (χ0n) is 13.8. The van der Waals surface area contributed by atoms with E-state index in [1.165, 1.54) is 60.7 Å². The molecule has 2 N–H and O–H groups in total. The molecule has 0 spiro atoms. The van der Waals surface area contributed by atoms with Crippen LogP contribution in [0.15, 0.2) is 60.7 Å². The number of hydrogen-bond donors (Lipinski definition) is 2. The third-order valence-corrected chi connectivity index (χ3v) is 3.95. The highest BCUT2D eigenvalue weighted by Gasteiger charge is 2.19. The van der Waals surface area contributed by atoms with Crippen molar-refractivity contribution in [2.24, 2.45) is 11.8 Å².